The van der Waals surface area contributed by atoms with Crippen LogP contribution in [0.2, 0.25) is 0 Å². The van der Waals surface area contributed by atoms with E-state index >= 15 is 0 Å². The van der Waals surface area contributed by atoms with Crippen LogP contribution in [-0.4, -0.2) is 53.9 Å². The van der Waals surface area contributed by atoms with E-state index in [0.29, 0.717) is 25.1 Å². The number of carbonyl (C=O) groups excluding carboxylic acids is 1. The largest absolute Gasteiger partial charge is 0.394 e. The number of amides is 1. The summed E-state index contributed by atoms with van der Waals surface area (Å²) >= 11 is 0. The van der Waals surface area contributed by atoms with E-state index in [2.05, 4.69) is 0 Å². The van der Waals surface area contributed by atoms with Crippen LogP contribution in [0.3, 0.4) is 0 Å². The van der Waals surface area contributed by atoms with Crippen molar-refractivity contribution >= 4 is 15.9 Å². The van der Waals surface area contributed by atoms with E-state index in [4.69, 9.17) is 0 Å². The molecular formula is C24H30N2O4S. The third-order valence-corrected chi connectivity index (χ3v) is 8.95. The molecule has 1 unspecified atom stereocenters. The van der Waals surface area contributed by atoms with Gasteiger partial charge < -0.3 is 10.0 Å². The quantitative estimate of drug-likeness (QED) is 0.770. The lowest BCUT2D eigenvalue weighted by Crippen LogP contribution is -2.44. The average molecular weight is 443 g/mol. The van der Waals surface area contributed by atoms with Gasteiger partial charge in [-0.2, -0.15) is 4.31 Å². The standard InChI is InChI=1S/C24H30N2O4S/c1-18-9-14-23(20-6-3-2-4-7-20)31(29,30)26(18)16-19-10-12-21(13-11-19)24(28)25-15-5-8-22(25)17-27/h2-4,6-7,10-13,18,22-23,27H,5,8-9,14-17H2,1H3/t18-,22+,23?/m0/s1. The first-order valence-corrected chi connectivity index (χ1v) is 12.5. The van der Waals surface area contributed by atoms with E-state index in [1.165, 1.54) is 0 Å². The lowest BCUT2D eigenvalue weighted by Gasteiger charge is -2.37. The van der Waals surface area contributed by atoms with Gasteiger partial charge >= 0.3 is 0 Å². The molecule has 0 radical (unpaired) electrons. The lowest BCUT2D eigenvalue weighted by atomic mass is 10.0. The Morgan fingerprint density at radius 1 is 1.03 bits per heavy atom. The molecule has 1 amide bonds. The number of hydrogen-bond donors (Lipinski definition) is 1. The van der Waals surface area contributed by atoms with Gasteiger partial charge in [0.15, 0.2) is 0 Å². The molecule has 2 aromatic carbocycles. The van der Waals surface area contributed by atoms with Gasteiger partial charge in [-0.3, -0.25) is 4.79 Å². The minimum absolute atomic E-state index is 0.0168. The number of aliphatic hydroxyl groups excluding tert-OH is 1. The highest BCUT2D eigenvalue weighted by atomic mass is 32.2. The summed E-state index contributed by atoms with van der Waals surface area (Å²) in [4.78, 5) is 14.5. The molecule has 3 atom stereocenters. The first-order valence-electron chi connectivity index (χ1n) is 11.0. The molecule has 0 saturated carbocycles. The van der Waals surface area contributed by atoms with Gasteiger partial charge in [0.25, 0.3) is 5.91 Å². The Morgan fingerprint density at radius 2 is 1.74 bits per heavy atom. The fourth-order valence-electron chi connectivity index (χ4n) is 4.74. The molecule has 0 aromatic heterocycles. The van der Waals surface area contributed by atoms with Crippen LogP contribution in [0.5, 0.6) is 0 Å². The monoisotopic (exact) mass is 442 g/mol. The number of benzene rings is 2. The molecule has 2 aliphatic rings. The van der Waals surface area contributed by atoms with Gasteiger partial charge in [-0.15, -0.1) is 0 Å². The van der Waals surface area contributed by atoms with Gasteiger partial charge in [0.2, 0.25) is 10.0 Å². The topological polar surface area (TPSA) is 77.9 Å². The molecule has 2 saturated heterocycles. The smallest absolute Gasteiger partial charge is 0.254 e. The van der Waals surface area contributed by atoms with Crippen molar-refractivity contribution in [2.75, 3.05) is 13.2 Å². The highest BCUT2D eigenvalue weighted by molar-refractivity contribution is 7.89. The third kappa shape index (κ3) is 4.40. The van der Waals surface area contributed by atoms with Crippen LogP contribution in [0.15, 0.2) is 54.6 Å². The van der Waals surface area contributed by atoms with E-state index in [0.717, 1.165) is 30.4 Å². The Balaban J connectivity index is 1.51. The van der Waals surface area contributed by atoms with Gasteiger partial charge in [-0.1, -0.05) is 42.5 Å². The zero-order valence-corrected chi connectivity index (χ0v) is 18.7. The molecule has 0 spiro atoms. The predicted octanol–water partition coefficient (Wildman–Crippen LogP) is 3.34. The fourth-order valence-corrected chi connectivity index (χ4v) is 6.94. The molecule has 1 N–H and O–H groups in total. The molecule has 2 heterocycles. The Kier molecular flexibility index (Phi) is 6.46. The summed E-state index contributed by atoms with van der Waals surface area (Å²) in [6.07, 6.45) is 3.17. The summed E-state index contributed by atoms with van der Waals surface area (Å²) < 4.78 is 28.4. The zero-order valence-electron chi connectivity index (χ0n) is 17.9. The normalized spacial score (nSPS) is 26.1. The van der Waals surface area contributed by atoms with Crippen molar-refractivity contribution < 1.29 is 18.3 Å². The van der Waals surface area contributed by atoms with Crippen molar-refractivity contribution in [3.63, 3.8) is 0 Å². The van der Waals surface area contributed by atoms with Crippen LogP contribution >= 0.6 is 0 Å². The molecule has 6 nitrogen and oxygen atoms in total. The molecular weight excluding hydrogens is 412 g/mol. The van der Waals surface area contributed by atoms with E-state index in [1.807, 2.05) is 49.4 Å². The van der Waals surface area contributed by atoms with Gasteiger partial charge in [-0.25, -0.2) is 8.42 Å². The molecule has 2 aliphatic heterocycles. The Labute approximate surface area is 184 Å². The minimum Gasteiger partial charge on any atom is -0.394 e. The van der Waals surface area contributed by atoms with Crippen molar-refractivity contribution in [3.05, 3.63) is 71.3 Å². The Hall–Kier alpha value is -2.22. The molecule has 7 heteroatoms. The highest BCUT2D eigenvalue weighted by Gasteiger charge is 2.40. The highest BCUT2D eigenvalue weighted by Crippen LogP contribution is 2.38. The summed E-state index contributed by atoms with van der Waals surface area (Å²) in [5.41, 5.74) is 2.27. The van der Waals surface area contributed by atoms with Gasteiger partial charge in [0, 0.05) is 24.7 Å². The van der Waals surface area contributed by atoms with Crippen LogP contribution in [-0.2, 0) is 16.6 Å². The first-order chi connectivity index (χ1) is 14.9. The van der Waals surface area contributed by atoms with Crippen LogP contribution in [0.1, 0.15) is 59.3 Å². The third-order valence-electron chi connectivity index (χ3n) is 6.58. The summed E-state index contributed by atoms with van der Waals surface area (Å²) in [6.45, 7) is 2.90. The summed E-state index contributed by atoms with van der Waals surface area (Å²) in [5, 5.41) is 8.96. The van der Waals surface area contributed by atoms with Crippen LogP contribution in [0, 0.1) is 0 Å². The van der Waals surface area contributed by atoms with Crippen molar-refractivity contribution in [1.82, 2.24) is 9.21 Å². The molecule has 31 heavy (non-hydrogen) atoms. The number of rotatable bonds is 5. The van der Waals surface area contributed by atoms with Gasteiger partial charge in [-0.05, 0) is 55.9 Å². The minimum atomic E-state index is -3.48. The van der Waals surface area contributed by atoms with Crippen LogP contribution in [0.25, 0.3) is 0 Å². The Bertz CT molecular complexity index is 1010. The van der Waals surface area contributed by atoms with Crippen molar-refractivity contribution in [2.45, 2.75) is 56.5 Å². The number of likely N-dealkylation sites (tertiary alicyclic amines) is 1. The zero-order chi connectivity index (χ0) is 22.0. The second-order valence-corrected chi connectivity index (χ2v) is 10.7. The first kappa shape index (κ1) is 22.0. The summed E-state index contributed by atoms with van der Waals surface area (Å²) in [7, 11) is -3.48. The molecule has 0 aliphatic carbocycles. The van der Waals surface area contributed by atoms with E-state index in [-0.39, 0.29) is 24.6 Å². The van der Waals surface area contributed by atoms with E-state index in [1.54, 1.807) is 21.3 Å². The molecule has 166 valence electrons. The summed E-state index contributed by atoms with van der Waals surface area (Å²) in [6, 6.07) is 16.5. The van der Waals surface area contributed by atoms with Crippen molar-refractivity contribution in [1.29, 1.82) is 0 Å². The van der Waals surface area contributed by atoms with Gasteiger partial charge in [0.1, 0.15) is 5.25 Å². The predicted molar refractivity (Wildman–Crippen MR) is 120 cm³/mol. The maximum atomic E-state index is 13.4. The maximum absolute atomic E-state index is 13.4. The summed E-state index contributed by atoms with van der Waals surface area (Å²) in [5.74, 6) is -0.0776. The average Bonchev–Trinajstić information content (AvgIpc) is 3.26. The number of carbonyl (C=O) groups is 1. The molecule has 2 aromatic rings. The number of nitrogens with zero attached hydrogens (tertiary/aromatic N) is 2. The maximum Gasteiger partial charge on any atom is 0.254 e. The van der Waals surface area contributed by atoms with Crippen molar-refractivity contribution in [2.24, 2.45) is 0 Å². The lowest BCUT2D eigenvalue weighted by molar-refractivity contribution is 0.0677. The SMILES string of the molecule is C[C@H]1CCC(c2ccccc2)S(=O)(=O)N1Cc1ccc(C(=O)N2CCC[C@@H]2CO)cc1. The van der Waals surface area contributed by atoms with Crippen molar-refractivity contribution in [3.8, 4) is 0 Å². The second kappa shape index (κ2) is 9.10. The van der Waals surface area contributed by atoms with E-state index in [9.17, 15) is 18.3 Å². The Morgan fingerprint density at radius 3 is 2.42 bits per heavy atom. The molecule has 2 fully saturated rings. The number of sulfonamides is 1. The van der Waals surface area contributed by atoms with Crippen LogP contribution < -0.4 is 0 Å². The fraction of sp³-hybridized carbons (Fsp3) is 0.458. The molecule has 4 rings (SSSR count). The second-order valence-electron chi connectivity index (χ2n) is 8.59. The number of aliphatic hydroxyl groups is 1. The molecule has 0 bridgehead atoms. The van der Waals surface area contributed by atoms with E-state index < -0.39 is 15.3 Å². The van der Waals surface area contributed by atoms with Gasteiger partial charge in [0.05, 0.1) is 12.6 Å². The number of hydrogen-bond acceptors (Lipinski definition) is 4. The van der Waals surface area contributed by atoms with Crippen LogP contribution in [0.4, 0.5) is 0 Å².